The van der Waals surface area contributed by atoms with Crippen LogP contribution in [-0.4, -0.2) is 71.6 Å². The smallest absolute Gasteiger partial charge is 0.338 e. The second kappa shape index (κ2) is 10.3. The lowest BCUT2D eigenvalue weighted by Crippen LogP contribution is -2.40. The third kappa shape index (κ3) is 5.77. The summed E-state index contributed by atoms with van der Waals surface area (Å²) in [6, 6.07) is 10.8. The average Bonchev–Trinajstić information content (AvgIpc) is 2.79. The van der Waals surface area contributed by atoms with E-state index in [2.05, 4.69) is 5.32 Å². The molecule has 0 radical (unpaired) electrons. The van der Waals surface area contributed by atoms with Crippen LogP contribution in [0, 0.1) is 0 Å². The lowest BCUT2D eigenvalue weighted by molar-refractivity contribution is -0.119. The maximum Gasteiger partial charge on any atom is 0.338 e. The Kier molecular flexibility index (Phi) is 7.73. The molecule has 0 unspecified atom stereocenters. The van der Waals surface area contributed by atoms with Crippen LogP contribution in [0.15, 0.2) is 47.4 Å². The number of nitrogens with one attached hydrogen (secondary N) is 1. The number of benzene rings is 2. The van der Waals surface area contributed by atoms with Crippen LogP contribution in [-0.2, 0) is 24.3 Å². The molecule has 1 saturated heterocycles. The molecule has 2 aromatic carbocycles. The van der Waals surface area contributed by atoms with Crippen LogP contribution in [0.1, 0.15) is 10.4 Å². The number of amides is 1. The second-order valence-corrected chi connectivity index (χ2v) is 9.57. The first-order chi connectivity index (χ1) is 15.2. The van der Waals surface area contributed by atoms with E-state index in [1.165, 1.54) is 22.5 Å². The van der Waals surface area contributed by atoms with E-state index in [0.29, 0.717) is 18.8 Å². The summed E-state index contributed by atoms with van der Waals surface area (Å²) in [4.78, 5) is 26.3. The molecule has 0 aromatic heterocycles. The Bertz CT molecular complexity index is 1080. The number of carbonyl (C=O) groups excluding carboxylic acids is 2. The summed E-state index contributed by atoms with van der Waals surface area (Å²) in [5, 5.41) is 2.65. The third-order valence-electron chi connectivity index (χ3n) is 4.77. The van der Waals surface area contributed by atoms with E-state index in [1.54, 1.807) is 24.3 Å². The van der Waals surface area contributed by atoms with Gasteiger partial charge in [-0.25, -0.2) is 13.2 Å². The number of esters is 1. The van der Waals surface area contributed by atoms with Crippen LogP contribution in [0.2, 0.25) is 5.02 Å². The molecule has 0 aliphatic carbocycles. The summed E-state index contributed by atoms with van der Waals surface area (Å²) >= 11 is 6.12. The van der Waals surface area contributed by atoms with Gasteiger partial charge in [0.2, 0.25) is 10.0 Å². The first-order valence-electron chi connectivity index (χ1n) is 9.80. The Labute approximate surface area is 191 Å². The average molecular weight is 482 g/mol. The first kappa shape index (κ1) is 24.0. The number of hydrogen-bond donors (Lipinski definition) is 1. The lowest BCUT2D eigenvalue weighted by atomic mass is 10.2. The van der Waals surface area contributed by atoms with Crippen molar-refractivity contribution >= 4 is 44.9 Å². The van der Waals surface area contributed by atoms with Crippen LogP contribution in [0.5, 0.6) is 0 Å². The van der Waals surface area contributed by atoms with Gasteiger partial charge in [-0.2, -0.15) is 4.31 Å². The highest BCUT2D eigenvalue weighted by molar-refractivity contribution is 7.89. The fourth-order valence-electron chi connectivity index (χ4n) is 2.99. The van der Waals surface area contributed by atoms with Crippen molar-refractivity contribution in [2.24, 2.45) is 0 Å². The topological polar surface area (TPSA) is 105 Å². The molecule has 3 rings (SSSR count). The zero-order valence-corrected chi connectivity index (χ0v) is 19.3. The Morgan fingerprint density at radius 3 is 2.41 bits per heavy atom. The molecule has 172 valence electrons. The molecule has 0 saturated carbocycles. The number of hydrogen-bond acceptors (Lipinski definition) is 7. The number of nitrogens with zero attached hydrogens (tertiary/aromatic N) is 2. The van der Waals surface area contributed by atoms with Crippen LogP contribution < -0.4 is 10.2 Å². The highest BCUT2D eigenvalue weighted by atomic mass is 35.5. The molecule has 1 aliphatic heterocycles. The summed E-state index contributed by atoms with van der Waals surface area (Å²) in [5.41, 5.74) is 1.33. The van der Waals surface area contributed by atoms with Crippen molar-refractivity contribution in [3.8, 4) is 0 Å². The van der Waals surface area contributed by atoms with Gasteiger partial charge < -0.3 is 19.7 Å². The number of carbonyl (C=O) groups is 2. The highest BCUT2D eigenvalue weighted by Gasteiger charge is 2.27. The van der Waals surface area contributed by atoms with Crippen LogP contribution in [0.3, 0.4) is 0 Å². The fraction of sp³-hybridized carbons (Fsp3) is 0.333. The summed E-state index contributed by atoms with van der Waals surface area (Å²) in [7, 11) is 0.00390. The molecule has 11 heteroatoms. The van der Waals surface area contributed by atoms with Gasteiger partial charge in [-0.1, -0.05) is 11.6 Å². The van der Waals surface area contributed by atoms with Gasteiger partial charge in [0.25, 0.3) is 5.91 Å². The maximum atomic E-state index is 12.8. The number of ether oxygens (including phenoxy) is 2. The van der Waals surface area contributed by atoms with E-state index in [1.807, 2.05) is 19.0 Å². The predicted octanol–water partition coefficient (Wildman–Crippen LogP) is 2.22. The predicted molar refractivity (Wildman–Crippen MR) is 121 cm³/mol. The van der Waals surface area contributed by atoms with E-state index in [9.17, 15) is 18.0 Å². The Balaban J connectivity index is 1.63. The van der Waals surface area contributed by atoms with Crippen LogP contribution in [0.4, 0.5) is 11.4 Å². The number of morpholine rings is 1. The summed E-state index contributed by atoms with van der Waals surface area (Å²) in [5.74, 6) is -1.30. The van der Waals surface area contributed by atoms with Gasteiger partial charge in [-0.05, 0) is 42.5 Å². The second-order valence-electron chi connectivity index (χ2n) is 7.22. The molecule has 0 spiro atoms. The van der Waals surface area contributed by atoms with E-state index < -0.39 is 28.5 Å². The first-order valence-corrected chi connectivity index (χ1v) is 11.6. The maximum absolute atomic E-state index is 12.8. The molecule has 1 aliphatic rings. The highest BCUT2D eigenvalue weighted by Crippen LogP contribution is 2.27. The van der Waals surface area contributed by atoms with Gasteiger partial charge in [-0.3, -0.25) is 4.79 Å². The number of halogens is 1. The Morgan fingerprint density at radius 1 is 1.12 bits per heavy atom. The van der Waals surface area contributed by atoms with Crippen molar-refractivity contribution < 1.29 is 27.5 Å². The normalized spacial score (nSPS) is 14.6. The van der Waals surface area contributed by atoms with Crippen molar-refractivity contribution in [1.29, 1.82) is 0 Å². The number of rotatable bonds is 7. The minimum atomic E-state index is -3.75. The monoisotopic (exact) mass is 481 g/mol. The SMILES string of the molecule is CN(C)c1ccc(C(=O)OCC(=O)Nc2cc(S(=O)(=O)N3CCOCC3)ccc2Cl)cc1. The van der Waals surface area contributed by atoms with Crippen molar-refractivity contribution in [2.45, 2.75) is 4.90 Å². The quantitative estimate of drug-likeness (QED) is 0.604. The molecule has 2 aromatic rings. The third-order valence-corrected chi connectivity index (χ3v) is 7.00. The van der Waals surface area contributed by atoms with Gasteiger partial charge in [0.1, 0.15) is 0 Å². The van der Waals surface area contributed by atoms with Crippen molar-refractivity contribution in [2.75, 3.05) is 57.2 Å². The van der Waals surface area contributed by atoms with Crippen molar-refractivity contribution in [3.05, 3.63) is 53.1 Å². The zero-order valence-electron chi connectivity index (χ0n) is 17.7. The lowest BCUT2D eigenvalue weighted by Gasteiger charge is -2.26. The summed E-state index contributed by atoms with van der Waals surface area (Å²) < 4.78 is 37.2. The molecule has 9 nitrogen and oxygen atoms in total. The van der Waals surface area contributed by atoms with Gasteiger partial charge in [0.05, 0.1) is 34.4 Å². The van der Waals surface area contributed by atoms with E-state index in [4.69, 9.17) is 21.1 Å². The Hall–Kier alpha value is -2.66. The van der Waals surface area contributed by atoms with Gasteiger partial charge in [-0.15, -0.1) is 0 Å². The summed E-state index contributed by atoms with van der Waals surface area (Å²) in [6.07, 6.45) is 0. The van der Waals surface area contributed by atoms with E-state index >= 15 is 0 Å². The van der Waals surface area contributed by atoms with Gasteiger partial charge in [0.15, 0.2) is 6.61 Å². The number of anilines is 2. The summed E-state index contributed by atoms with van der Waals surface area (Å²) in [6.45, 7) is 0.584. The van der Waals surface area contributed by atoms with E-state index in [0.717, 1.165) is 5.69 Å². The standard InChI is InChI=1S/C21H24ClN3O6S/c1-24(2)16-5-3-15(4-6-16)21(27)31-14-20(26)23-19-13-17(7-8-18(19)22)32(28,29)25-9-11-30-12-10-25/h3-8,13H,9-12,14H2,1-2H3,(H,23,26). The molecule has 1 N–H and O–H groups in total. The van der Waals surface area contributed by atoms with Crippen molar-refractivity contribution in [3.63, 3.8) is 0 Å². The largest absolute Gasteiger partial charge is 0.452 e. The van der Waals surface area contributed by atoms with Crippen LogP contribution in [0.25, 0.3) is 0 Å². The minimum Gasteiger partial charge on any atom is -0.452 e. The molecule has 32 heavy (non-hydrogen) atoms. The minimum absolute atomic E-state index is 0.00271. The van der Waals surface area contributed by atoms with Crippen molar-refractivity contribution in [1.82, 2.24) is 4.31 Å². The molecule has 1 amide bonds. The Morgan fingerprint density at radius 2 is 1.78 bits per heavy atom. The number of sulfonamides is 1. The fourth-order valence-corrected chi connectivity index (χ4v) is 4.59. The molecule has 0 bridgehead atoms. The van der Waals surface area contributed by atoms with Gasteiger partial charge in [0, 0.05) is 32.9 Å². The van der Waals surface area contributed by atoms with Gasteiger partial charge >= 0.3 is 5.97 Å². The zero-order chi connectivity index (χ0) is 23.3. The van der Waals surface area contributed by atoms with E-state index in [-0.39, 0.29) is 28.7 Å². The van der Waals surface area contributed by atoms with Crippen LogP contribution >= 0.6 is 11.6 Å². The molecule has 1 fully saturated rings. The molecule has 1 heterocycles. The molecular formula is C21H24ClN3O6S. The molecular weight excluding hydrogens is 458 g/mol. The molecule has 0 atom stereocenters.